The Morgan fingerprint density at radius 2 is 1.75 bits per heavy atom. The Bertz CT molecular complexity index is 668. The fourth-order valence-corrected chi connectivity index (χ4v) is 2.81. The Balaban J connectivity index is 1.49. The highest BCUT2D eigenvalue weighted by atomic mass is 127. The van der Waals surface area contributed by atoms with E-state index in [2.05, 4.69) is 32.8 Å². The molecule has 126 valence electrons. The van der Waals surface area contributed by atoms with Crippen LogP contribution in [0.1, 0.15) is 0 Å². The smallest absolute Gasteiger partial charge is 0.262 e. The highest BCUT2D eigenvalue weighted by Crippen LogP contribution is 2.19. The number of amides is 1. The molecule has 1 heterocycles. The van der Waals surface area contributed by atoms with Crippen molar-refractivity contribution in [3.05, 3.63) is 52.1 Å². The van der Waals surface area contributed by atoms with Gasteiger partial charge in [0.25, 0.3) is 5.91 Å². The standard InChI is InChI=1S/C18H19IN2O3/c19-14-1-7-17(8-2-14)24-13-18(22)20-15-3-5-16(6-4-15)21-9-11-23-12-10-21/h1-8H,9-13H2,(H,20,22). The molecule has 1 N–H and O–H groups in total. The highest BCUT2D eigenvalue weighted by Gasteiger charge is 2.11. The minimum Gasteiger partial charge on any atom is -0.484 e. The van der Waals surface area contributed by atoms with Gasteiger partial charge in [-0.25, -0.2) is 0 Å². The molecule has 0 spiro atoms. The van der Waals surface area contributed by atoms with E-state index < -0.39 is 0 Å². The summed E-state index contributed by atoms with van der Waals surface area (Å²) in [5, 5.41) is 2.85. The molecule has 2 aromatic rings. The third kappa shape index (κ3) is 4.85. The van der Waals surface area contributed by atoms with Crippen molar-refractivity contribution in [3.8, 4) is 5.75 Å². The number of rotatable bonds is 5. The number of carbonyl (C=O) groups is 1. The Labute approximate surface area is 155 Å². The number of morpholine rings is 1. The SMILES string of the molecule is O=C(COc1ccc(I)cc1)Nc1ccc(N2CCOCC2)cc1. The number of anilines is 2. The van der Waals surface area contributed by atoms with Gasteiger partial charge in [-0.2, -0.15) is 0 Å². The van der Waals surface area contributed by atoms with Gasteiger partial charge in [-0.05, 0) is 71.1 Å². The number of benzene rings is 2. The van der Waals surface area contributed by atoms with Crippen molar-refractivity contribution in [1.29, 1.82) is 0 Å². The molecule has 5 nitrogen and oxygen atoms in total. The molecular formula is C18H19IN2O3. The second-order valence-electron chi connectivity index (χ2n) is 5.44. The van der Waals surface area contributed by atoms with E-state index in [0.717, 1.165) is 41.2 Å². The predicted molar refractivity (Wildman–Crippen MR) is 103 cm³/mol. The number of ether oxygens (including phenoxy) is 2. The number of halogens is 1. The molecular weight excluding hydrogens is 419 g/mol. The normalized spacial score (nSPS) is 14.3. The van der Waals surface area contributed by atoms with Crippen molar-refractivity contribution in [2.75, 3.05) is 43.1 Å². The third-order valence-electron chi connectivity index (χ3n) is 3.71. The first-order chi connectivity index (χ1) is 11.7. The van der Waals surface area contributed by atoms with Gasteiger partial charge in [-0.3, -0.25) is 4.79 Å². The van der Waals surface area contributed by atoms with Crippen molar-refractivity contribution in [3.63, 3.8) is 0 Å². The Morgan fingerprint density at radius 1 is 1.08 bits per heavy atom. The van der Waals surface area contributed by atoms with Gasteiger partial charge in [-0.1, -0.05) is 0 Å². The summed E-state index contributed by atoms with van der Waals surface area (Å²) in [4.78, 5) is 14.2. The van der Waals surface area contributed by atoms with Crippen LogP contribution >= 0.6 is 22.6 Å². The van der Waals surface area contributed by atoms with E-state index in [4.69, 9.17) is 9.47 Å². The van der Waals surface area contributed by atoms with Crippen LogP contribution in [0.3, 0.4) is 0 Å². The Hall–Kier alpha value is -1.80. The molecule has 0 radical (unpaired) electrons. The zero-order valence-electron chi connectivity index (χ0n) is 13.2. The molecule has 1 fully saturated rings. The zero-order valence-corrected chi connectivity index (χ0v) is 15.4. The molecule has 1 saturated heterocycles. The first-order valence-corrected chi connectivity index (χ1v) is 8.89. The van der Waals surface area contributed by atoms with Crippen molar-refractivity contribution in [2.45, 2.75) is 0 Å². The molecule has 0 aromatic heterocycles. The first kappa shape index (κ1) is 17.0. The van der Waals surface area contributed by atoms with Gasteiger partial charge in [0.05, 0.1) is 13.2 Å². The number of nitrogens with one attached hydrogen (secondary N) is 1. The van der Waals surface area contributed by atoms with Crippen molar-refractivity contribution < 1.29 is 14.3 Å². The van der Waals surface area contributed by atoms with Gasteiger partial charge in [0.2, 0.25) is 0 Å². The molecule has 1 aliphatic rings. The molecule has 2 aromatic carbocycles. The lowest BCUT2D eigenvalue weighted by Crippen LogP contribution is -2.36. The van der Waals surface area contributed by atoms with E-state index in [1.807, 2.05) is 48.5 Å². The van der Waals surface area contributed by atoms with E-state index in [0.29, 0.717) is 5.75 Å². The minimum absolute atomic E-state index is 0.00813. The van der Waals surface area contributed by atoms with Crippen LogP contribution in [0.5, 0.6) is 5.75 Å². The second-order valence-corrected chi connectivity index (χ2v) is 6.68. The average molecular weight is 438 g/mol. The summed E-state index contributed by atoms with van der Waals surface area (Å²) in [5.41, 5.74) is 1.91. The molecule has 0 unspecified atom stereocenters. The van der Waals surface area contributed by atoms with E-state index in [1.54, 1.807) is 0 Å². The van der Waals surface area contributed by atoms with Gasteiger partial charge in [0.15, 0.2) is 6.61 Å². The van der Waals surface area contributed by atoms with Gasteiger partial charge < -0.3 is 19.7 Å². The molecule has 0 saturated carbocycles. The zero-order chi connectivity index (χ0) is 16.8. The van der Waals surface area contributed by atoms with Crippen LogP contribution in [0.15, 0.2) is 48.5 Å². The summed E-state index contributed by atoms with van der Waals surface area (Å²) in [6.45, 7) is 3.31. The summed E-state index contributed by atoms with van der Waals surface area (Å²) >= 11 is 2.23. The molecule has 0 bridgehead atoms. The Kier molecular flexibility index (Phi) is 5.92. The van der Waals surface area contributed by atoms with Gasteiger partial charge >= 0.3 is 0 Å². The molecule has 6 heteroatoms. The lowest BCUT2D eigenvalue weighted by Gasteiger charge is -2.28. The van der Waals surface area contributed by atoms with Crippen LogP contribution in [0.25, 0.3) is 0 Å². The number of nitrogens with zero attached hydrogens (tertiary/aromatic N) is 1. The minimum atomic E-state index is -0.173. The van der Waals surface area contributed by atoms with Crippen molar-refractivity contribution in [1.82, 2.24) is 0 Å². The van der Waals surface area contributed by atoms with Crippen LogP contribution in [0, 0.1) is 3.57 Å². The second kappa shape index (κ2) is 8.34. The summed E-state index contributed by atoms with van der Waals surface area (Å²) in [7, 11) is 0. The first-order valence-electron chi connectivity index (χ1n) is 7.82. The maximum atomic E-state index is 12.0. The van der Waals surface area contributed by atoms with Crippen LogP contribution in [-0.2, 0) is 9.53 Å². The molecule has 0 aliphatic carbocycles. The topological polar surface area (TPSA) is 50.8 Å². The number of carbonyl (C=O) groups excluding carboxylic acids is 1. The Morgan fingerprint density at radius 3 is 2.42 bits per heavy atom. The molecule has 3 rings (SSSR count). The highest BCUT2D eigenvalue weighted by molar-refractivity contribution is 14.1. The summed E-state index contributed by atoms with van der Waals surface area (Å²) < 4.78 is 12.0. The summed E-state index contributed by atoms with van der Waals surface area (Å²) in [6.07, 6.45) is 0. The van der Waals surface area contributed by atoms with E-state index in [-0.39, 0.29) is 12.5 Å². The van der Waals surface area contributed by atoms with E-state index in [1.165, 1.54) is 0 Å². The van der Waals surface area contributed by atoms with Gasteiger partial charge in [-0.15, -0.1) is 0 Å². The lowest BCUT2D eigenvalue weighted by molar-refractivity contribution is -0.118. The fraction of sp³-hybridized carbons (Fsp3) is 0.278. The summed E-state index contributed by atoms with van der Waals surface area (Å²) in [6, 6.07) is 15.4. The maximum Gasteiger partial charge on any atom is 0.262 e. The number of hydrogen-bond acceptors (Lipinski definition) is 4. The van der Waals surface area contributed by atoms with Crippen LogP contribution in [-0.4, -0.2) is 38.8 Å². The van der Waals surface area contributed by atoms with Gasteiger partial charge in [0.1, 0.15) is 5.75 Å². The van der Waals surface area contributed by atoms with Crippen molar-refractivity contribution >= 4 is 39.9 Å². The summed E-state index contributed by atoms with van der Waals surface area (Å²) in [5.74, 6) is 0.515. The lowest BCUT2D eigenvalue weighted by atomic mass is 10.2. The molecule has 1 aliphatic heterocycles. The van der Waals surface area contributed by atoms with E-state index >= 15 is 0 Å². The number of hydrogen-bond donors (Lipinski definition) is 1. The largest absolute Gasteiger partial charge is 0.484 e. The van der Waals surface area contributed by atoms with E-state index in [9.17, 15) is 4.79 Å². The van der Waals surface area contributed by atoms with Crippen LogP contribution in [0.2, 0.25) is 0 Å². The monoisotopic (exact) mass is 438 g/mol. The maximum absolute atomic E-state index is 12.0. The average Bonchev–Trinajstić information content (AvgIpc) is 2.63. The van der Waals surface area contributed by atoms with Gasteiger partial charge in [0, 0.05) is 28.0 Å². The van der Waals surface area contributed by atoms with Crippen LogP contribution < -0.4 is 15.0 Å². The molecule has 0 atom stereocenters. The molecule has 24 heavy (non-hydrogen) atoms. The predicted octanol–water partition coefficient (Wildman–Crippen LogP) is 3.15. The fourth-order valence-electron chi connectivity index (χ4n) is 2.45. The van der Waals surface area contributed by atoms with Crippen LogP contribution in [0.4, 0.5) is 11.4 Å². The molecule has 1 amide bonds. The van der Waals surface area contributed by atoms with Crippen molar-refractivity contribution in [2.24, 2.45) is 0 Å². The quantitative estimate of drug-likeness (QED) is 0.730. The third-order valence-corrected chi connectivity index (χ3v) is 4.43.